The minimum absolute atomic E-state index is 0.149. The average Bonchev–Trinajstić information content (AvgIpc) is 2.62. The molecule has 0 aliphatic rings. The molecule has 0 fully saturated rings. The first-order valence-electron chi connectivity index (χ1n) is 8.14. The Morgan fingerprint density at radius 3 is 2.42 bits per heavy atom. The molecule has 0 unspecified atom stereocenters. The number of amides is 1. The van der Waals surface area contributed by atoms with Crippen LogP contribution in [0, 0.1) is 0 Å². The Morgan fingerprint density at radius 1 is 1.12 bits per heavy atom. The first-order valence-corrected chi connectivity index (χ1v) is 9.77. The molecule has 0 aliphatic carbocycles. The number of rotatable bonds is 7. The van der Waals surface area contributed by atoms with Crippen LogP contribution in [-0.4, -0.2) is 23.7 Å². The van der Waals surface area contributed by atoms with Gasteiger partial charge in [0.05, 0.1) is 22.4 Å². The number of thioether (sulfide) groups is 1. The third-order valence-corrected chi connectivity index (χ3v) is 5.44. The van der Waals surface area contributed by atoms with Crippen LogP contribution in [-0.2, 0) is 9.53 Å². The smallest absolute Gasteiger partial charge is 0.339 e. The van der Waals surface area contributed by atoms with Gasteiger partial charge in [-0.05, 0) is 55.8 Å². The molecule has 4 nitrogen and oxygen atoms in total. The van der Waals surface area contributed by atoms with Gasteiger partial charge in [-0.15, -0.1) is 11.8 Å². The average molecular weight is 412 g/mol. The maximum Gasteiger partial charge on any atom is 0.339 e. The maximum absolute atomic E-state index is 12.6. The molecule has 26 heavy (non-hydrogen) atoms. The van der Waals surface area contributed by atoms with E-state index in [2.05, 4.69) is 5.32 Å². The van der Waals surface area contributed by atoms with E-state index in [1.54, 1.807) is 31.2 Å². The lowest BCUT2D eigenvalue weighted by atomic mass is 10.2. The number of nitrogens with one attached hydrogen (secondary N) is 1. The van der Waals surface area contributed by atoms with Crippen molar-refractivity contribution >= 4 is 52.5 Å². The van der Waals surface area contributed by atoms with Crippen molar-refractivity contribution in [3.05, 3.63) is 58.1 Å². The third-order valence-electron chi connectivity index (χ3n) is 3.48. The number of hydrogen-bond acceptors (Lipinski definition) is 4. The van der Waals surface area contributed by atoms with Crippen LogP contribution >= 0.6 is 35.0 Å². The minimum Gasteiger partial charge on any atom is -0.462 e. The summed E-state index contributed by atoms with van der Waals surface area (Å²) in [5.74, 6) is -0.666. The van der Waals surface area contributed by atoms with E-state index in [9.17, 15) is 9.59 Å². The van der Waals surface area contributed by atoms with Crippen molar-refractivity contribution in [3.63, 3.8) is 0 Å². The molecule has 0 bridgehead atoms. The highest BCUT2D eigenvalue weighted by molar-refractivity contribution is 8.00. The van der Waals surface area contributed by atoms with Crippen molar-refractivity contribution in [2.24, 2.45) is 0 Å². The van der Waals surface area contributed by atoms with E-state index in [0.29, 0.717) is 17.1 Å². The predicted molar refractivity (Wildman–Crippen MR) is 107 cm³/mol. The van der Waals surface area contributed by atoms with Crippen LogP contribution in [0.25, 0.3) is 0 Å². The van der Waals surface area contributed by atoms with Gasteiger partial charge in [0.1, 0.15) is 0 Å². The van der Waals surface area contributed by atoms with Crippen LogP contribution in [0.3, 0.4) is 0 Å². The van der Waals surface area contributed by atoms with E-state index in [-0.39, 0.29) is 28.4 Å². The molecular weight excluding hydrogens is 393 g/mol. The first-order chi connectivity index (χ1) is 12.4. The summed E-state index contributed by atoms with van der Waals surface area (Å²) in [5.41, 5.74) is 0.724. The Bertz CT molecular complexity index is 781. The number of carbonyl (C=O) groups excluding carboxylic acids is 2. The van der Waals surface area contributed by atoms with Gasteiger partial charge in [0.2, 0.25) is 5.91 Å². The lowest BCUT2D eigenvalue weighted by molar-refractivity contribution is -0.115. The predicted octanol–water partition coefficient (Wildman–Crippen LogP) is 5.68. The molecule has 0 saturated carbocycles. The summed E-state index contributed by atoms with van der Waals surface area (Å²) in [4.78, 5) is 25.5. The van der Waals surface area contributed by atoms with Crippen LogP contribution in [0.1, 0.15) is 30.6 Å². The highest BCUT2D eigenvalue weighted by Crippen LogP contribution is 2.28. The Hall–Kier alpha value is -1.69. The van der Waals surface area contributed by atoms with Crippen molar-refractivity contribution in [1.82, 2.24) is 0 Å². The SMILES string of the molecule is CCOC(=O)c1cc(NC(=O)[C@H](CC)Sc2ccc(Cl)cc2)ccc1Cl. The molecule has 0 spiro atoms. The largest absolute Gasteiger partial charge is 0.462 e. The van der Waals surface area contributed by atoms with Gasteiger partial charge >= 0.3 is 5.97 Å². The van der Waals surface area contributed by atoms with Crippen molar-refractivity contribution in [2.75, 3.05) is 11.9 Å². The van der Waals surface area contributed by atoms with Crippen molar-refractivity contribution in [1.29, 1.82) is 0 Å². The zero-order valence-corrected chi connectivity index (χ0v) is 16.8. The van der Waals surface area contributed by atoms with Crippen molar-refractivity contribution < 1.29 is 14.3 Å². The summed E-state index contributed by atoms with van der Waals surface area (Å²) < 4.78 is 4.98. The lowest BCUT2D eigenvalue weighted by Gasteiger charge is -2.15. The number of anilines is 1. The molecule has 1 amide bonds. The highest BCUT2D eigenvalue weighted by Gasteiger charge is 2.19. The minimum atomic E-state index is -0.517. The molecule has 2 aromatic carbocycles. The van der Waals surface area contributed by atoms with Gasteiger partial charge in [0.25, 0.3) is 0 Å². The molecule has 2 aromatic rings. The van der Waals surface area contributed by atoms with E-state index < -0.39 is 5.97 Å². The molecule has 0 heterocycles. The molecule has 0 radical (unpaired) electrons. The quantitative estimate of drug-likeness (QED) is 0.470. The Balaban J connectivity index is 2.10. The molecule has 0 aliphatic heterocycles. The fraction of sp³-hybridized carbons (Fsp3) is 0.263. The highest BCUT2D eigenvalue weighted by atomic mass is 35.5. The number of esters is 1. The monoisotopic (exact) mass is 411 g/mol. The van der Waals surface area contributed by atoms with E-state index in [4.69, 9.17) is 27.9 Å². The van der Waals surface area contributed by atoms with E-state index in [1.165, 1.54) is 17.8 Å². The van der Waals surface area contributed by atoms with Crippen LogP contribution in [0.2, 0.25) is 10.0 Å². The Kier molecular flexibility index (Phi) is 7.82. The molecule has 1 atom stereocenters. The third kappa shape index (κ3) is 5.66. The summed E-state index contributed by atoms with van der Waals surface area (Å²) in [7, 11) is 0. The van der Waals surface area contributed by atoms with Crippen LogP contribution in [0.4, 0.5) is 5.69 Å². The fourth-order valence-corrected chi connectivity index (χ4v) is 3.47. The summed E-state index contributed by atoms with van der Waals surface area (Å²) >= 11 is 13.4. The molecule has 1 N–H and O–H groups in total. The van der Waals surface area contributed by atoms with Gasteiger partial charge in [0, 0.05) is 15.6 Å². The molecule has 7 heteroatoms. The summed E-state index contributed by atoms with van der Waals surface area (Å²) in [6.45, 7) is 3.91. The number of halogens is 2. The number of carbonyl (C=O) groups is 2. The Labute approximate surface area is 167 Å². The maximum atomic E-state index is 12.6. The molecule has 0 aromatic heterocycles. The zero-order chi connectivity index (χ0) is 19.1. The van der Waals surface area contributed by atoms with Crippen LogP contribution in [0.15, 0.2) is 47.4 Å². The first kappa shape index (κ1) is 20.6. The van der Waals surface area contributed by atoms with Gasteiger partial charge in [0.15, 0.2) is 0 Å². The number of hydrogen-bond donors (Lipinski definition) is 1. The number of benzene rings is 2. The van der Waals surface area contributed by atoms with Gasteiger partial charge < -0.3 is 10.1 Å². The standard InChI is InChI=1S/C19H19Cl2NO3S/c1-3-17(26-14-8-5-12(20)6-9-14)18(23)22-13-7-10-16(21)15(11-13)19(24)25-4-2/h5-11,17H,3-4H2,1-2H3,(H,22,23)/t17-/m0/s1. The van der Waals surface area contributed by atoms with Gasteiger partial charge in [-0.1, -0.05) is 30.1 Å². The van der Waals surface area contributed by atoms with E-state index >= 15 is 0 Å². The van der Waals surface area contributed by atoms with Crippen LogP contribution in [0.5, 0.6) is 0 Å². The number of ether oxygens (including phenoxy) is 1. The molecule has 2 rings (SSSR count). The normalized spacial score (nSPS) is 11.7. The second kappa shape index (κ2) is 9.86. The van der Waals surface area contributed by atoms with Gasteiger partial charge in [-0.2, -0.15) is 0 Å². The van der Waals surface area contributed by atoms with E-state index in [0.717, 1.165) is 4.90 Å². The molecular formula is C19H19Cl2NO3S. The van der Waals surface area contributed by atoms with Gasteiger partial charge in [-0.25, -0.2) is 4.79 Å². The molecule has 138 valence electrons. The summed E-state index contributed by atoms with van der Waals surface area (Å²) in [6.07, 6.45) is 0.650. The van der Waals surface area contributed by atoms with Crippen molar-refractivity contribution in [3.8, 4) is 0 Å². The van der Waals surface area contributed by atoms with Crippen molar-refractivity contribution in [2.45, 2.75) is 30.4 Å². The lowest BCUT2D eigenvalue weighted by Crippen LogP contribution is -2.24. The zero-order valence-electron chi connectivity index (χ0n) is 14.4. The Morgan fingerprint density at radius 2 is 1.81 bits per heavy atom. The summed E-state index contributed by atoms with van der Waals surface area (Å²) in [6, 6.07) is 12.1. The topological polar surface area (TPSA) is 55.4 Å². The second-order valence-corrected chi connectivity index (χ2v) is 7.49. The van der Waals surface area contributed by atoms with Gasteiger partial charge in [-0.3, -0.25) is 4.79 Å². The second-order valence-electron chi connectivity index (χ2n) is 5.37. The van der Waals surface area contributed by atoms with Crippen LogP contribution < -0.4 is 5.32 Å². The van der Waals surface area contributed by atoms with E-state index in [1.807, 2.05) is 19.1 Å². The molecule has 0 saturated heterocycles. The fourth-order valence-electron chi connectivity index (χ4n) is 2.19. The summed E-state index contributed by atoms with van der Waals surface area (Å²) in [5, 5.41) is 3.49.